The molecule has 23 heavy (non-hydrogen) atoms. The number of hydrogen-bond acceptors (Lipinski definition) is 3. The third kappa shape index (κ3) is 2.29. The molecule has 0 N–H and O–H groups in total. The summed E-state index contributed by atoms with van der Waals surface area (Å²) in [6.07, 6.45) is 3.54. The van der Waals surface area contributed by atoms with Crippen molar-refractivity contribution in [2.24, 2.45) is 0 Å². The minimum atomic E-state index is -0.0386. The first-order valence-corrected chi connectivity index (χ1v) is 8.18. The van der Waals surface area contributed by atoms with E-state index >= 15 is 0 Å². The van der Waals surface area contributed by atoms with Gasteiger partial charge in [0.15, 0.2) is 0 Å². The van der Waals surface area contributed by atoms with Crippen molar-refractivity contribution in [1.82, 2.24) is 9.88 Å². The molecule has 2 aliphatic heterocycles. The third-order valence-corrected chi connectivity index (χ3v) is 5.04. The molecule has 1 spiro atoms. The summed E-state index contributed by atoms with van der Waals surface area (Å²) in [7, 11) is 0. The largest absolute Gasteiger partial charge is 0.492 e. The molecule has 1 fully saturated rings. The van der Waals surface area contributed by atoms with Gasteiger partial charge in [0.2, 0.25) is 0 Å². The van der Waals surface area contributed by atoms with Crippen LogP contribution in [0.25, 0.3) is 0 Å². The molecule has 2 aliphatic rings. The SMILES string of the molecule is CCc1ccc(C(=O)N2CCC3(COc4ccccc43)C2)cn1. The zero-order chi connectivity index (χ0) is 15.9. The number of para-hydroxylation sites is 1. The van der Waals surface area contributed by atoms with E-state index in [1.165, 1.54) is 5.56 Å². The molecule has 0 saturated carbocycles. The Morgan fingerprint density at radius 1 is 1.30 bits per heavy atom. The topological polar surface area (TPSA) is 42.4 Å². The Labute approximate surface area is 136 Å². The molecule has 0 bridgehead atoms. The minimum Gasteiger partial charge on any atom is -0.492 e. The second-order valence-electron chi connectivity index (χ2n) is 6.43. The highest BCUT2D eigenvalue weighted by Crippen LogP contribution is 2.44. The fraction of sp³-hybridized carbons (Fsp3) is 0.368. The van der Waals surface area contributed by atoms with Crippen LogP contribution in [0.4, 0.5) is 0 Å². The third-order valence-electron chi connectivity index (χ3n) is 5.04. The van der Waals surface area contributed by atoms with Gasteiger partial charge in [0, 0.05) is 30.5 Å². The summed E-state index contributed by atoms with van der Waals surface area (Å²) in [5, 5.41) is 0. The zero-order valence-electron chi connectivity index (χ0n) is 13.3. The van der Waals surface area contributed by atoms with Gasteiger partial charge in [-0.25, -0.2) is 0 Å². The molecule has 1 aromatic heterocycles. The van der Waals surface area contributed by atoms with Crippen LogP contribution in [0, 0.1) is 0 Å². The van der Waals surface area contributed by atoms with Gasteiger partial charge >= 0.3 is 0 Å². The van der Waals surface area contributed by atoms with Gasteiger partial charge in [-0.15, -0.1) is 0 Å². The number of fused-ring (bicyclic) bond motifs is 2. The van der Waals surface area contributed by atoms with Crippen LogP contribution in [-0.2, 0) is 11.8 Å². The van der Waals surface area contributed by atoms with Crippen molar-refractivity contribution in [3.8, 4) is 5.75 Å². The number of aromatic nitrogens is 1. The number of rotatable bonds is 2. The molecule has 0 radical (unpaired) electrons. The van der Waals surface area contributed by atoms with Gasteiger partial charge in [0.05, 0.1) is 17.6 Å². The average molecular weight is 308 g/mol. The lowest BCUT2D eigenvalue weighted by Gasteiger charge is -2.23. The summed E-state index contributed by atoms with van der Waals surface area (Å²) < 4.78 is 5.85. The Kier molecular flexibility index (Phi) is 3.33. The molecule has 3 heterocycles. The van der Waals surface area contributed by atoms with Crippen molar-refractivity contribution >= 4 is 5.91 Å². The number of benzene rings is 1. The molecule has 4 heteroatoms. The van der Waals surface area contributed by atoms with E-state index < -0.39 is 0 Å². The minimum absolute atomic E-state index is 0.0386. The van der Waals surface area contributed by atoms with Crippen molar-refractivity contribution in [2.45, 2.75) is 25.2 Å². The second-order valence-corrected chi connectivity index (χ2v) is 6.43. The summed E-state index contributed by atoms with van der Waals surface area (Å²) in [4.78, 5) is 19.0. The van der Waals surface area contributed by atoms with Crippen LogP contribution in [0.15, 0.2) is 42.6 Å². The van der Waals surface area contributed by atoms with Crippen LogP contribution in [0.2, 0.25) is 0 Å². The Bertz CT molecular complexity index is 741. The Balaban J connectivity index is 1.55. The number of likely N-dealkylation sites (tertiary alicyclic amines) is 1. The van der Waals surface area contributed by atoms with E-state index in [1.54, 1.807) is 6.20 Å². The van der Waals surface area contributed by atoms with Gasteiger partial charge in [-0.1, -0.05) is 25.1 Å². The van der Waals surface area contributed by atoms with E-state index in [0.717, 1.165) is 37.4 Å². The van der Waals surface area contributed by atoms with E-state index in [-0.39, 0.29) is 11.3 Å². The predicted molar refractivity (Wildman–Crippen MR) is 87.8 cm³/mol. The maximum absolute atomic E-state index is 12.7. The number of ether oxygens (including phenoxy) is 1. The van der Waals surface area contributed by atoms with Gasteiger partial charge in [0.25, 0.3) is 5.91 Å². The van der Waals surface area contributed by atoms with E-state index in [4.69, 9.17) is 4.74 Å². The molecule has 2 aromatic rings. The summed E-state index contributed by atoms with van der Waals surface area (Å²) in [5.41, 5.74) is 2.89. The van der Waals surface area contributed by atoms with E-state index in [1.807, 2.05) is 35.2 Å². The summed E-state index contributed by atoms with van der Waals surface area (Å²) in [5.74, 6) is 1.04. The first kappa shape index (κ1) is 14.2. The molecule has 4 rings (SSSR count). The van der Waals surface area contributed by atoms with Crippen LogP contribution >= 0.6 is 0 Å². The van der Waals surface area contributed by atoms with E-state index in [2.05, 4.69) is 18.0 Å². The molecule has 0 aliphatic carbocycles. The Morgan fingerprint density at radius 3 is 2.96 bits per heavy atom. The van der Waals surface area contributed by atoms with Crippen molar-refractivity contribution in [3.63, 3.8) is 0 Å². The maximum atomic E-state index is 12.7. The average Bonchev–Trinajstić information content (AvgIpc) is 3.20. The van der Waals surface area contributed by atoms with Crippen molar-refractivity contribution in [1.29, 1.82) is 0 Å². The number of amides is 1. The number of pyridine rings is 1. The highest BCUT2D eigenvalue weighted by Gasteiger charge is 2.47. The number of nitrogens with zero attached hydrogens (tertiary/aromatic N) is 2. The molecular formula is C19H20N2O2. The lowest BCUT2D eigenvalue weighted by atomic mass is 9.82. The van der Waals surface area contributed by atoms with Crippen molar-refractivity contribution in [2.75, 3.05) is 19.7 Å². The van der Waals surface area contributed by atoms with Crippen LogP contribution in [0.1, 0.15) is 35.0 Å². The Morgan fingerprint density at radius 2 is 2.17 bits per heavy atom. The number of aryl methyl sites for hydroxylation is 1. The van der Waals surface area contributed by atoms with Crippen molar-refractivity contribution in [3.05, 3.63) is 59.4 Å². The lowest BCUT2D eigenvalue weighted by molar-refractivity contribution is 0.0780. The van der Waals surface area contributed by atoms with Gasteiger partial charge in [-0.05, 0) is 31.0 Å². The molecule has 118 valence electrons. The molecule has 1 amide bonds. The highest BCUT2D eigenvalue weighted by molar-refractivity contribution is 5.94. The fourth-order valence-electron chi connectivity index (χ4n) is 3.65. The second kappa shape index (κ2) is 5.37. The molecule has 1 unspecified atom stereocenters. The molecular weight excluding hydrogens is 288 g/mol. The van der Waals surface area contributed by atoms with Crippen LogP contribution in [0.5, 0.6) is 5.75 Å². The summed E-state index contributed by atoms with van der Waals surface area (Å²) in [6, 6.07) is 12.0. The highest BCUT2D eigenvalue weighted by atomic mass is 16.5. The van der Waals surface area contributed by atoms with Crippen LogP contribution in [-0.4, -0.2) is 35.5 Å². The Hall–Kier alpha value is -2.36. The maximum Gasteiger partial charge on any atom is 0.255 e. The molecule has 4 nitrogen and oxygen atoms in total. The first-order valence-electron chi connectivity index (χ1n) is 8.18. The van der Waals surface area contributed by atoms with Crippen molar-refractivity contribution < 1.29 is 9.53 Å². The fourth-order valence-corrected chi connectivity index (χ4v) is 3.65. The first-order chi connectivity index (χ1) is 11.2. The van der Waals surface area contributed by atoms with E-state index in [0.29, 0.717) is 12.2 Å². The number of carbonyl (C=O) groups excluding carboxylic acids is 1. The van der Waals surface area contributed by atoms with Gasteiger partial charge < -0.3 is 9.64 Å². The van der Waals surface area contributed by atoms with Gasteiger partial charge in [0.1, 0.15) is 5.75 Å². The smallest absolute Gasteiger partial charge is 0.255 e. The van der Waals surface area contributed by atoms with Gasteiger partial charge in [-0.3, -0.25) is 9.78 Å². The van der Waals surface area contributed by atoms with E-state index in [9.17, 15) is 4.79 Å². The molecule has 1 aromatic carbocycles. The normalized spacial score (nSPS) is 22.2. The molecule has 1 atom stereocenters. The predicted octanol–water partition coefficient (Wildman–Crippen LogP) is 2.82. The van der Waals surface area contributed by atoms with Gasteiger partial charge in [-0.2, -0.15) is 0 Å². The van der Waals surface area contributed by atoms with Crippen LogP contribution < -0.4 is 4.74 Å². The quantitative estimate of drug-likeness (QED) is 0.857. The standard InChI is InChI=1S/C19H20N2O2/c1-2-15-8-7-14(11-20-15)18(22)21-10-9-19(12-21)13-23-17-6-4-3-5-16(17)19/h3-8,11H,2,9-10,12-13H2,1H3. The van der Waals surface area contributed by atoms with Crippen LogP contribution in [0.3, 0.4) is 0 Å². The lowest BCUT2D eigenvalue weighted by Crippen LogP contribution is -2.35. The zero-order valence-corrected chi connectivity index (χ0v) is 13.3. The monoisotopic (exact) mass is 308 g/mol. The summed E-state index contributed by atoms with van der Waals surface area (Å²) in [6.45, 7) is 4.22. The number of hydrogen-bond donors (Lipinski definition) is 0. The number of carbonyl (C=O) groups is 1. The summed E-state index contributed by atoms with van der Waals surface area (Å²) >= 11 is 0. The molecule has 1 saturated heterocycles.